The Hall–Kier alpha value is -1.16. The van der Waals surface area contributed by atoms with Crippen LogP contribution in [0.25, 0.3) is 0 Å². The van der Waals surface area contributed by atoms with Crippen molar-refractivity contribution in [2.75, 3.05) is 18.6 Å². The molecule has 1 atom stereocenters. The molecule has 2 rings (SSSR count). The number of benzene rings is 1. The SMILES string of the molecule is COc1cccc(C(=O)CS(=O)CC2CCCC2)c1. The lowest BCUT2D eigenvalue weighted by Crippen LogP contribution is -2.17. The molecule has 1 aromatic rings. The van der Waals surface area contributed by atoms with E-state index < -0.39 is 10.8 Å². The molecule has 0 amide bonds. The third-order valence-corrected chi connectivity index (χ3v) is 5.01. The topological polar surface area (TPSA) is 43.4 Å². The molecule has 1 aromatic carbocycles. The Morgan fingerprint density at radius 1 is 1.37 bits per heavy atom. The normalized spacial score (nSPS) is 17.3. The van der Waals surface area contributed by atoms with Crippen molar-refractivity contribution in [3.05, 3.63) is 29.8 Å². The summed E-state index contributed by atoms with van der Waals surface area (Å²) in [6.07, 6.45) is 4.82. The summed E-state index contributed by atoms with van der Waals surface area (Å²) in [4.78, 5) is 12.0. The predicted molar refractivity (Wildman–Crippen MR) is 77.2 cm³/mol. The molecule has 0 radical (unpaired) electrons. The van der Waals surface area contributed by atoms with Gasteiger partial charge in [-0.15, -0.1) is 0 Å². The van der Waals surface area contributed by atoms with Crippen LogP contribution in [-0.2, 0) is 10.8 Å². The number of rotatable bonds is 6. The molecule has 0 bridgehead atoms. The Morgan fingerprint density at radius 2 is 2.11 bits per heavy atom. The van der Waals surface area contributed by atoms with Gasteiger partial charge in [0.15, 0.2) is 5.78 Å². The molecule has 1 saturated carbocycles. The first kappa shape index (κ1) is 14.3. The average Bonchev–Trinajstić information content (AvgIpc) is 2.91. The highest BCUT2D eigenvalue weighted by Gasteiger charge is 2.19. The highest BCUT2D eigenvalue weighted by molar-refractivity contribution is 7.85. The molecule has 1 aliphatic rings. The summed E-state index contributed by atoms with van der Waals surface area (Å²) in [5, 5.41) is 0. The Kier molecular flexibility index (Phi) is 5.14. The van der Waals surface area contributed by atoms with Crippen molar-refractivity contribution in [1.82, 2.24) is 0 Å². The Balaban J connectivity index is 1.90. The quantitative estimate of drug-likeness (QED) is 0.753. The predicted octanol–water partition coefficient (Wildman–Crippen LogP) is 2.82. The summed E-state index contributed by atoms with van der Waals surface area (Å²) in [5.41, 5.74) is 0.583. The highest BCUT2D eigenvalue weighted by Crippen LogP contribution is 2.25. The average molecular weight is 280 g/mol. The third kappa shape index (κ3) is 4.16. The van der Waals surface area contributed by atoms with Crippen LogP contribution < -0.4 is 4.74 Å². The second-order valence-corrected chi connectivity index (χ2v) is 6.56. The molecule has 1 fully saturated rings. The molecule has 4 heteroatoms. The van der Waals surface area contributed by atoms with E-state index in [-0.39, 0.29) is 11.5 Å². The van der Waals surface area contributed by atoms with E-state index in [0.717, 1.165) is 0 Å². The number of ether oxygens (including phenoxy) is 1. The van der Waals surface area contributed by atoms with E-state index >= 15 is 0 Å². The van der Waals surface area contributed by atoms with Crippen LogP contribution in [0.1, 0.15) is 36.0 Å². The smallest absolute Gasteiger partial charge is 0.175 e. The van der Waals surface area contributed by atoms with Gasteiger partial charge in [0.25, 0.3) is 0 Å². The van der Waals surface area contributed by atoms with Crippen molar-refractivity contribution >= 4 is 16.6 Å². The molecular formula is C15H20O3S. The maximum atomic E-state index is 12.0. The van der Waals surface area contributed by atoms with E-state index in [1.165, 1.54) is 25.7 Å². The van der Waals surface area contributed by atoms with Gasteiger partial charge in [-0.1, -0.05) is 25.0 Å². The van der Waals surface area contributed by atoms with Gasteiger partial charge in [0.2, 0.25) is 0 Å². The Morgan fingerprint density at radius 3 is 2.79 bits per heavy atom. The maximum absolute atomic E-state index is 12.0. The van der Waals surface area contributed by atoms with E-state index in [2.05, 4.69) is 0 Å². The van der Waals surface area contributed by atoms with Crippen molar-refractivity contribution in [2.24, 2.45) is 5.92 Å². The van der Waals surface area contributed by atoms with Crippen molar-refractivity contribution in [1.29, 1.82) is 0 Å². The molecule has 0 saturated heterocycles. The van der Waals surface area contributed by atoms with E-state index in [1.54, 1.807) is 31.4 Å². The molecule has 1 unspecified atom stereocenters. The minimum Gasteiger partial charge on any atom is -0.497 e. The zero-order chi connectivity index (χ0) is 13.7. The molecular weight excluding hydrogens is 260 g/mol. The number of hydrogen-bond acceptors (Lipinski definition) is 3. The molecule has 0 N–H and O–H groups in total. The maximum Gasteiger partial charge on any atom is 0.175 e. The van der Waals surface area contributed by atoms with Gasteiger partial charge in [-0.25, -0.2) is 0 Å². The van der Waals surface area contributed by atoms with Crippen molar-refractivity contribution in [3.63, 3.8) is 0 Å². The fraction of sp³-hybridized carbons (Fsp3) is 0.533. The highest BCUT2D eigenvalue weighted by atomic mass is 32.2. The van der Waals surface area contributed by atoms with E-state index in [1.807, 2.05) is 0 Å². The zero-order valence-electron chi connectivity index (χ0n) is 11.3. The number of ketones is 1. The molecule has 19 heavy (non-hydrogen) atoms. The second kappa shape index (κ2) is 6.85. The van der Waals surface area contributed by atoms with Crippen LogP contribution in [0.4, 0.5) is 0 Å². The summed E-state index contributed by atoms with van der Waals surface area (Å²) in [7, 11) is 0.532. The molecule has 0 spiro atoms. The number of Topliss-reactive ketones (excluding diaryl/α,β-unsaturated/α-hetero) is 1. The number of carbonyl (C=O) groups is 1. The van der Waals surface area contributed by atoms with Crippen LogP contribution in [0, 0.1) is 5.92 Å². The first-order valence-electron chi connectivity index (χ1n) is 6.71. The molecule has 1 aliphatic carbocycles. The van der Waals surface area contributed by atoms with Gasteiger partial charge in [0.05, 0.1) is 12.9 Å². The first-order chi connectivity index (χ1) is 9.19. The van der Waals surface area contributed by atoms with E-state index in [0.29, 0.717) is 23.0 Å². The van der Waals surface area contributed by atoms with E-state index in [4.69, 9.17) is 4.74 Å². The Labute approximate surface area is 116 Å². The number of methoxy groups -OCH3 is 1. The lowest BCUT2D eigenvalue weighted by Gasteiger charge is -2.08. The van der Waals surface area contributed by atoms with Crippen LogP contribution in [-0.4, -0.2) is 28.6 Å². The Bertz CT molecular complexity index is 464. The van der Waals surface area contributed by atoms with Gasteiger partial charge in [0.1, 0.15) is 5.75 Å². The summed E-state index contributed by atoms with van der Waals surface area (Å²) in [6.45, 7) is 0. The van der Waals surface area contributed by atoms with Gasteiger partial charge >= 0.3 is 0 Å². The fourth-order valence-electron chi connectivity index (χ4n) is 2.52. The van der Waals surface area contributed by atoms with E-state index in [9.17, 15) is 9.00 Å². The van der Waals surface area contributed by atoms with Gasteiger partial charge in [-0.2, -0.15) is 0 Å². The van der Waals surface area contributed by atoms with Crippen LogP contribution in [0.15, 0.2) is 24.3 Å². The summed E-state index contributed by atoms with van der Waals surface area (Å²) < 4.78 is 17.1. The minimum absolute atomic E-state index is 0.0600. The van der Waals surface area contributed by atoms with Crippen LogP contribution in [0.2, 0.25) is 0 Å². The first-order valence-corrected chi connectivity index (χ1v) is 8.20. The van der Waals surface area contributed by atoms with Gasteiger partial charge in [-0.3, -0.25) is 9.00 Å². The van der Waals surface area contributed by atoms with Crippen molar-refractivity contribution in [2.45, 2.75) is 25.7 Å². The lowest BCUT2D eigenvalue weighted by atomic mass is 10.1. The fourth-order valence-corrected chi connectivity index (χ4v) is 3.96. The van der Waals surface area contributed by atoms with Gasteiger partial charge < -0.3 is 4.74 Å². The molecule has 3 nitrogen and oxygen atoms in total. The molecule has 0 heterocycles. The largest absolute Gasteiger partial charge is 0.497 e. The third-order valence-electron chi connectivity index (χ3n) is 3.58. The van der Waals surface area contributed by atoms with Gasteiger partial charge in [-0.05, 0) is 30.9 Å². The summed E-state index contributed by atoms with van der Waals surface area (Å²) >= 11 is 0. The lowest BCUT2D eigenvalue weighted by molar-refractivity contribution is 0.102. The monoisotopic (exact) mass is 280 g/mol. The van der Waals surface area contributed by atoms with Crippen molar-refractivity contribution < 1.29 is 13.7 Å². The molecule has 104 valence electrons. The minimum atomic E-state index is -1.04. The standard InChI is InChI=1S/C15H20O3S/c1-18-14-8-4-7-13(9-14)15(16)11-19(17)10-12-5-2-3-6-12/h4,7-9,12H,2-3,5-6,10-11H2,1H3. The second-order valence-electron chi connectivity index (χ2n) is 5.06. The summed E-state index contributed by atoms with van der Waals surface area (Å²) in [5.74, 6) is 1.96. The zero-order valence-corrected chi connectivity index (χ0v) is 12.1. The molecule has 0 aromatic heterocycles. The van der Waals surface area contributed by atoms with Gasteiger partial charge in [0, 0.05) is 22.1 Å². The van der Waals surface area contributed by atoms with Crippen molar-refractivity contribution in [3.8, 4) is 5.75 Å². The van der Waals surface area contributed by atoms with Crippen LogP contribution >= 0.6 is 0 Å². The molecule has 0 aliphatic heterocycles. The summed E-state index contributed by atoms with van der Waals surface area (Å²) in [6, 6.07) is 7.03. The number of hydrogen-bond donors (Lipinski definition) is 0. The van der Waals surface area contributed by atoms with Crippen LogP contribution in [0.5, 0.6) is 5.75 Å². The number of carbonyl (C=O) groups excluding carboxylic acids is 1. The van der Waals surface area contributed by atoms with Crippen LogP contribution in [0.3, 0.4) is 0 Å².